The van der Waals surface area contributed by atoms with Crippen molar-refractivity contribution in [3.05, 3.63) is 12.7 Å². The van der Waals surface area contributed by atoms with Gasteiger partial charge in [0.2, 0.25) is 0 Å². The van der Waals surface area contributed by atoms with Crippen LogP contribution in [0.2, 0.25) is 0 Å². The molecule has 0 amide bonds. The highest BCUT2D eigenvalue weighted by atomic mass is 31.2. The molecule has 0 bridgehead atoms. The van der Waals surface area contributed by atoms with Gasteiger partial charge in [-0.05, 0) is 6.92 Å². The van der Waals surface area contributed by atoms with E-state index in [9.17, 15) is 9.36 Å². The van der Waals surface area contributed by atoms with Gasteiger partial charge in [-0.3, -0.25) is 4.57 Å². The molecule has 78 valence electrons. The molecule has 0 rings (SSSR count). The van der Waals surface area contributed by atoms with E-state index in [1.165, 1.54) is 0 Å². The zero-order chi connectivity index (χ0) is 11.3. The molecule has 5 N–H and O–H groups in total. The number of rotatable bonds is 2. The molecule has 13 heavy (non-hydrogen) atoms. The van der Waals surface area contributed by atoms with Crippen LogP contribution in [0.5, 0.6) is 0 Å². The predicted molar refractivity (Wildman–Crippen MR) is 42.7 cm³/mol. The van der Waals surface area contributed by atoms with Crippen molar-refractivity contribution in [2.75, 3.05) is 0 Å². The number of aliphatic carboxylic acids is 1. The van der Waals surface area contributed by atoms with Gasteiger partial charge < -0.3 is 25.1 Å². The van der Waals surface area contributed by atoms with Gasteiger partial charge in [0.1, 0.15) is 0 Å². The van der Waals surface area contributed by atoms with E-state index in [0.717, 1.165) is 0 Å². The fourth-order valence-corrected chi connectivity index (χ4v) is 0.374. The lowest BCUT2D eigenvalue weighted by atomic mass is 10.7. The van der Waals surface area contributed by atoms with Gasteiger partial charge >= 0.3 is 19.1 Å². The molecule has 0 atom stereocenters. The monoisotopic (exact) mass is 214 g/mol. The molecule has 0 aromatic rings. The maximum atomic E-state index is 9.91. The Morgan fingerprint density at radius 3 is 1.69 bits per heavy atom. The molecule has 0 aliphatic carbocycles. The van der Waals surface area contributed by atoms with E-state index in [4.69, 9.17) is 25.1 Å². The Bertz CT molecular complexity index is 227. The first kappa shape index (κ1) is 14.8. The maximum absolute atomic E-state index is 9.91. The van der Waals surface area contributed by atoms with Gasteiger partial charge in [-0.1, -0.05) is 6.08 Å². The van der Waals surface area contributed by atoms with Crippen LogP contribution >= 0.6 is 7.60 Å². The van der Waals surface area contributed by atoms with Crippen molar-refractivity contribution in [3.63, 3.8) is 0 Å². The SMILES string of the molecule is C=CC.O=C(O)C(O)(O)P(=O)(O)O. The Morgan fingerprint density at radius 2 is 1.69 bits per heavy atom. The molecule has 8 heteroatoms. The number of allylic oxidation sites excluding steroid dienone is 1. The van der Waals surface area contributed by atoms with Gasteiger partial charge in [-0.2, -0.15) is 0 Å². The molecular formula is C5H11O7P. The third-order valence-electron chi connectivity index (χ3n) is 0.693. The smallest absolute Gasteiger partial charge is 0.396 e. The lowest BCUT2D eigenvalue weighted by Gasteiger charge is -2.16. The van der Waals surface area contributed by atoms with Crippen molar-refractivity contribution in [1.82, 2.24) is 0 Å². The van der Waals surface area contributed by atoms with E-state index in [1.54, 1.807) is 6.08 Å². The Morgan fingerprint density at radius 1 is 1.46 bits per heavy atom. The van der Waals surface area contributed by atoms with Crippen LogP contribution < -0.4 is 0 Å². The molecule has 0 saturated heterocycles. The largest absolute Gasteiger partial charge is 0.477 e. The number of carbonyl (C=O) groups is 1. The third-order valence-corrected chi connectivity index (χ3v) is 1.70. The second-order valence-electron chi connectivity index (χ2n) is 1.89. The van der Waals surface area contributed by atoms with Gasteiger partial charge in [-0.25, -0.2) is 4.79 Å². The summed E-state index contributed by atoms with van der Waals surface area (Å²) in [4.78, 5) is 25.6. The summed E-state index contributed by atoms with van der Waals surface area (Å²) in [6.07, 6.45) is 1.75. The maximum Gasteiger partial charge on any atom is 0.396 e. The van der Waals surface area contributed by atoms with Crippen LogP contribution in [0.3, 0.4) is 0 Å². The van der Waals surface area contributed by atoms with Crippen LogP contribution in [0.1, 0.15) is 6.92 Å². The average molecular weight is 214 g/mol. The molecule has 0 radical (unpaired) electrons. The molecular weight excluding hydrogens is 203 g/mol. The summed E-state index contributed by atoms with van der Waals surface area (Å²) >= 11 is 0. The third kappa shape index (κ3) is 4.76. The number of carboxylic acid groups (broad SMARTS) is 1. The Kier molecular flexibility index (Phi) is 5.81. The van der Waals surface area contributed by atoms with E-state index in [-0.39, 0.29) is 0 Å². The standard InChI is InChI=1S/C3H6.C2H5O7P/c1-3-2;3-1(4)2(5,6)10(7,8)9/h3H,1H2,2H3;5-6H,(H,3,4)(H2,7,8,9). The van der Waals surface area contributed by atoms with Crippen molar-refractivity contribution < 1.29 is 34.5 Å². The lowest BCUT2D eigenvalue weighted by Crippen LogP contribution is -2.37. The van der Waals surface area contributed by atoms with E-state index in [2.05, 4.69) is 6.58 Å². The summed E-state index contributed by atoms with van der Waals surface area (Å²) in [5, 5.41) is 24.0. The molecule has 0 aliphatic heterocycles. The van der Waals surface area contributed by atoms with Crippen molar-refractivity contribution >= 4 is 13.6 Å². The number of aliphatic hydroxyl groups is 2. The van der Waals surface area contributed by atoms with E-state index in [1.807, 2.05) is 6.92 Å². The lowest BCUT2D eigenvalue weighted by molar-refractivity contribution is -0.181. The van der Waals surface area contributed by atoms with Crippen molar-refractivity contribution in [1.29, 1.82) is 0 Å². The summed E-state index contributed by atoms with van der Waals surface area (Å²) < 4.78 is 9.91. The summed E-state index contributed by atoms with van der Waals surface area (Å²) in [5.74, 6) is -2.39. The quantitative estimate of drug-likeness (QED) is 0.228. The van der Waals surface area contributed by atoms with Gasteiger partial charge in [0.05, 0.1) is 0 Å². The predicted octanol–water partition coefficient (Wildman–Crippen LogP) is -0.921. The van der Waals surface area contributed by atoms with Crippen molar-refractivity contribution in [3.8, 4) is 0 Å². The molecule has 0 aliphatic rings. The molecule has 0 fully saturated rings. The van der Waals surface area contributed by atoms with Gasteiger partial charge in [0.25, 0.3) is 0 Å². The van der Waals surface area contributed by atoms with Crippen LogP contribution in [0.25, 0.3) is 0 Å². The number of carboxylic acids is 1. The number of hydrogen-bond acceptors (Lipinski definition) is 4. The first-order chi connectivity index (χ1) is 5.61. The molecule has 0 aromatic carbocycles. The highest BCUT2D eigenvalue weighted by Crippen LogP contribution is 2.46. The van der Waals surface area contributed by atoms with Crippen molar-refractivity contribution in [2.24, 2.45) is 0 Å². The molecule has 0 saturated carbocycles. The van der Waals surface area contributed by atoms with Gasteiger partial charge in [0, 0.05) is 0 Å². The highest BCUT2D eigenvalue weighted by Gasteiger charge is 2.51. The fourth-order valence-electron chi connectivity index (χ4n) is 0.125. The minimum Gasteiger partial charge on any atom is -0.477 e. The zero-order valence-electron chi connectivity index (χ0n) is 6.78. The van der Waals surface area contributed by atoms with Crippen LogP contribution in [0, 0.1) is 0 Å². The number of hydrogen-bond donors (Lipinski definition) is 5. The molecule has 7 nitrogen and oxygen atoms in total. The first-order valence-electron chi connectivity index (χ1n) is 2.92. The first-order valence-corrected chi connectivity index (χ1v) is 4.53. The molecule has 0 aromatic heterocycles. The summed E-state index contributed by atoms with van der Waals surface area (Å²) in [7, 11) is -5.41. The zero-order valence-corrected chi connectivity index (χ0v) is 7.68. The summed E-state index contributed by atoms with van der Waals surface area (Å²) in [5.41, 5.74) is -3.98. The summed E-state index contributed by atoms with van der Waals surface area (Å²) in [6.45, 7) is 5.25. The topological polar surface area (TPSA) is 135 Å². The minimum absolute atomic E-state index is 1.75. The molecule has 0 spiro atoms. The van der Waals surface area contributed by atoms with Gasteiger partial charge in [0.15, 0.2) is 0 Å². The fraction of sp³-hybridized carbons (Fsp3) is 0.400. The van der Waals surface area contributed by atoms with Crippen LogP contribution in [-0.4, -0.2) is 36.6 Å². The van der Waals surface area contributed by atoms with Crippen molar-refractivity contribution in [2.45, 2.75) is 12.5 Å². The van der Waals surface area contributed by atoms with Gasteiger partial charge in [-0.15, -0.1) is 6.58 Å². The van der Waals surface area contributed by atoms with E-state index >= 15 is 0 Å². The second-order valence-corrected chi connectivity index (χ2v) is 3.60. The Balaban J connectivity index is 0. The van der Waals surface area contributed by atoms with E-state index < -0.39 is 19.1 Å². The normalized spacial score (nSPS) is 11.2. The highest BCUT2D eigenvalue weighted by molar-refractivity contribution is 7.54. The summed E-state index contributed by atoms with van der Waals surface area (Å²) in [6, 6.07) is 0. The molecule has 0 heterocycles. The van der Waals surface area contributed by atoms with Crippen LogP contribution in [-0.2, 0) is 9.36 Å². The molecule has 0 unspecified atom stereocenters. The second kappa shape index (κ2) is 5.11. The van der Waals surface area contributed by atoms with Crippen LogP contribution in [0.4, 0.5) is 0 Å². The Labute approximate surface area is 74.1 Å². The average Bonchev–Trinajstić information content (AvgIpc) is 1.86. The minimum atomic E-state index is -5.41. The van der Waals surface area contributed by atoms with E-state index in [0.29, 0.717) is 0 Å². The Hall–Kier alpha value is -0.720. The van der Waals surface area contributed by atoms with Crippen LogP contribution in [0.15, 0.2) is 12.7 Å².